The molecule has 1 heterocycles. The predicted molar refractivity (Wildman–Crippen MR) is 60.3 cm³/mol. The third-order valence-corrected chi connectivity index (χ3v) is 3.61. The maximum atomic E-state index is 12.0. The first kappa shape index (κ1) is 10.9. The van der Waals surface area contributed by atoms with Gasteiger partial charge in [0.05, 0.1) is 12.7 Å². The van der Waals surface area contributed by atoms with E-state index in [1.54, 1.807) is 0 Å². The van der Waals surface area contributed by atoms with E-state index >= 15 is 0 Å². The van der Waals surface area contributed by atoms with Gasteiger partial charge in [-0.3, -0.25) is 10.1 Å². The van der Waals surface area contributed by atoms with Crippen LogP contribution in [0.15, 0.2) is 0 Å². The molecule has 1 saturated heterocycles. The Bertz CT molecular complexity index is 252. The van der Waals surface area contributed by atoms with Crippen LogP contribution < -0.4 is 5.32 Å². The van der Waals surface area contributed by atoms with Crippen LogP contribution >= 0.6 is 0 Å². The van der Waals surface area contributed by atoms with Crippen molar-refractivity contribution >= 4 is 5.91 Å². The van der Waals surface area contributed by atoms with Crippen LogP contribution in [0.5, 0.6) is 0 Å². The lowest BCUT2D eigenvalue weighted by atomic mass is 10.0. The van der Waals surface area contributed by atoms with Crippen LogP contribution in [0.1, 0.15) is 40.0 Å². The van der Waals surface area contributed by atoms with Gasteiger partial charge in [0, 0.05) is 6.04 Å². The summed E-state index contributed by atoms with van der Waals surface area (Å²) in [5.41, 5.74) is 0. The summed E-state index contributed by atoms with van der Waals surface area (Å²) in [6.45, 7) is 7.33. The molecule has 0 aromatic heterocycles. The molecule has 1 amide bonds. The molecular weight excluding hydrogens is 188 g/mol. The average molecular weight is 210 g/mol. The van der Waals surface area contributed by atoms with E-state index in [0.717, 1.165) is 19.0 Å². The Morgan fingerprint density at radius 1 is 1.53 bits per heavy atom. The average Bonchev–Trinajstić information content (AvgIpc) is 2.88. The van der Waals surface area contributed by atoms with Crippen LogP contribution in [-0.2, 0) is 4.79 Å². The van der Waals surface area contributed by atoms with Gasteiger partial charge in [-0.2, -0.15) is 0 Å². The SMILES string of the molecule is CCC1CC1N1CNC(CC(C)C)C1=O. The molecule has 1 aliphatic heterocycles. The molecule has 3 unspecified atom stereocenters. The van der Waals surface area contributed by atoms with Gasteiger partial charge in [-0.15, -0.1) is 0 Å². The minimum Gasteiger partial charge on any atom is -0.325 e. The van der Waals surface area contributed by atoms with Crippen LogP contribution in [0, 0.1) is 11.8 Å². The van der Waals surface area contributed by atoms with E-state index < -0.39 is 0 Å². The third kappa shape index (κ3) is 2.17. The summed E-state index contributed by atoms with van der Waals surface area (Å²) in [6, 6.07) is 0.635. The maximum Gasteiger partial charge on any atom is 0.241 e. The van der Waals surface area contributed by atoms with Gasteiger partial charge in [-0.1, -0.05) is 27.2 Å². The second-order valence-corrected chi connectivity index (χ2v) is 5.32. The van der Waals surface area contributed by atoms with E-state index in [2.05, 4.69) is 31.0 Å². The fraction of sp³-hybridized carbons (Fsp3) is 0.917. The summed E-state index contributed by atoms with van der Waals surface area (Å²) in [5, 5.41) is 3.33. The Morgan fingerprint density at radius 2 is 2.27 bits per heavy atom. The number of rotatable bonds is 4. The highest BCUT2D eigenvalue weighted by atomic mass is 16.2. The molecule has 1 saturated carbocycles. The molecule has 1 N–H and O–H groups in total. The molecule has 86 valence electrons. The van der Waals surface area contributed by atoms with Gasteiger partial charge >= 0.3 is 0 Å². The van der Waals surface area contributed by atoms with Gasteiger partial charge in [0.15, 0.2) is 0 Å². The minimum atomic E-state index is 0.0862. The molecule has 2 rings (SSSR count). The molecule has 2 fully saturated rings. The molecule has 1 aliphatic carbocycles. The van der Waals surface area contributed by atoms with Crippen LogP contribution in [0.3, 0.4) is 0 Å². The molecule has 3 nitrogen and oxygen atoms in total. The lowest BCUT2D eigenvalue weighted by Crippen LogP contribution is -2.33. The van der Waals surface area contributed by atoms with Crippen LogP contribution in [0.25, 0.3) is 0 Å². The van der Waals surface area contributed by atoms with Crippen molar-refractivity contribution < 1.29 is 4.79 Å². The summed E-state index contributed by atoms with van der Waals surface area (Å²) in [6.07, 6.45) is 3.40. The van der Waals surface area contributed by atoms with E-state index in [4.69, 9.17) is 0 Å². The highest BCUT2D eigenvalue weighted by Gasteiger charge is 2.46. The first-order chi connectivity index (χ1) is 7.13. The summed E-state index contributed by atoms with van der Waals surface area (Å²) >= 11 is 0. The van der Waals surface area contributed by atoms with Crippen molar-refractivity contribution in [3.8, 4) is 0 Å². The van der Waals surface area contributed by atoms with E-state index in [1.807, 2.05) is 0 Å². The Labute approximate surface area is 92.2 Å². The van der Waals surface area contributed by atoms with Crippen molar-refractivity contribution in [2.75, 3.05) is 6.67 Å². The van der Waals surface area contributed by atoms with Crippen LogP contribution in [0.2, 0.25) is 0 Å². The monoisotopic (exact) mass is 210 g/mol. The van der Waals surface area contributed by atoms with E-state index in [9.17, 15) is 4.79 Å². The standard InChI is InChI=1S/C12H22N2O/c1-4-9-6-11(9)14-7-13-10(12(14)15)5-8(2)3/h8-11,13H,4-7H2,1-3H3. The second kappa shape index (κ2) is 4.12. The first-order valence-corrected chi connectivity index (χ1v) is 6.17. The van der Waals surface area contributed by atoms with Gasteiger partial charge in [0.1, 0.15) is 0 Å². The number of hydrogen-bond acceptors (Lipinski definition) is 2. The largest absolute Gasteiger partial charge is 0.325 e. The van der Waals surface area contributed by atoms with Crippen molar-refractivity contribution in [1.29, 1.82) is 0 Å². The van der Waals surface area contributed by atoms with Gasteiger partial charge in [-0.05, 0) is 24.7 Å². The molecule has 2 aliphatic rings. The van der Waals surface area contributed by atoms with Crippen molar-refractivity contribution in [3.63, 3.8) is 0 Å². The molecule has 0 radical (unpaired) electrons. The number of hydrogen-bond donors (Lipinski definition) is 1. The number of nitrogens with zero attached hydrogens (tertiary/aromatic N) is 1. The molecule has 3 atom stereocenters. The van der Waals surface area contributed by atoms with E-state index in [0.29, 0.717) is 17.9 Å². The predicted octanol–water partition coefficient (Wildman–Crippen LogP) is 1.59. The fourth-order valence-corrected chi connectivity index (χ4v) is 2.56. The smallest absolute Gasteiger partial charge is 0.241 e. The Kier molecular flexibility index (Phi) is 3.01. The fourth-order valence-electron chi connectivity index (χ4n) is 2.56. The summed E-state index contributed by atoms with van der Waals surface area (Å²) in [5.74, 6) is 1.70. The zero-order chi connectivity index (χ0) is 11.0. The van der Waals surface area contributed by atoms with Crippen LogP contribution in [-0.4, -0.2) is 29.6 Å². The Morgan fingerprint density at radius 3 is 2.80 bits per heavy atom. The first-order valence-electron chi connectivity index (χ1n) is 6.17. The molecule has 3 heteroatoms. The summed E-state index contributed by atoms with van der Waals surface area (Å²) < 4.78 is 0. The van der Waals surface area contributed by atoms with E-state index in [1.165, 1.54) is 12.8 Å². The van der Waals surface area contributed by atoms with Crippen LogP contribution in [0.4, 0.5) is 0 Å². The maximum absolute atomic E-state index is 12.0. The summed E-state index contributed by atoms with van der Waals surface area (Å²) in [7, 11) is 0. The number of carbonyl (C=O) groups excluding carboxylic acids is 1. The van der Waals surface area contributed by atoms with Crippen molar-refractivity contribution in [3.05, 3.63) is 0 Å². The molecule has 0 aromatic rings. The van der Waals surface area contributed by atoms with Crippen molar-refractivity contribution in [2.45, 2.75) is 52.1 Å². The van der Waals surface area contributed by atoms with Gasteiger partial charge in [-0.25, -0.2) is 0 Å². The summed E-state index contributed by atoms with van der Waals surface area (Å²) in [4.78, 5) is 14.1. The molecule has 0 aromatic carbocycles. The molecule has 0 spiro atoms. The Balaban J connectivity index is 1.88. The molecule has 0 bridgehead atoms. The normalized spacial score (nSPS) is 35.3. The minimum absolute atomic E-state index is 0.0862. The zero-order valence-corrected chi connectivity index (χ0v) is 9.99. The number of carbonyl (C=O) groups is 1. The van der Waals surface area contributed by atoms with Crippen molar-refractivity contribution in [1.82, 2.24) is 10.2 Å². The lowest BCUT2D eigenvalue weighted by molar-refractivity contribution is -0.129. The highest BCUT2D eigenvalue weighted by Crippen LogP contribution is 2.39. The van der Waals surface area contributed by atoms with E-state index in [-0.39, 0.29) is 6.04 Å². The third-order valence-electron chi connectivity index (χ3n) is 3.61. The number of nitrogens with one attached hydrogen (secondary N) is 1. The number of amides is 1. The highest BCUT2D eigenvalue weighted by molar-refractivity contribution is 5.84. The second-order valence-electron chi connectivity index (χ2n) is 5.32. The van der Waals surface area contributed by atoms with Gasteiger partial charge < -0.3 is 4.90 Å². The van der Waals surface area contributed by atoms with Gasteiger partial charge in [0.2, 0.25) is 5.91 Å². The van der Waals surface area contributed by atoms with Crippen molar-refractivity contribution in [2.24, 2.45) is 11.8 Å². The zero-order valence-electron chi connectivity index (χ0n) is 9.99. The van der Waals surface area contributed by atoms with Gasteiger partial charge in [0.25, 0.3) is 0 Å². The topological polar surface area (TPSA) is 32.3 Å². The molecule has 15 heavy (non-hydrogen) atoms. The molecular formula is C12H22N2O. The lowest BCUT2D eigenvalue weighted by Gasteiger charge is -2.15. The Hall–Kier alpha value is -0.570. The quantitative estimate of drug-likeness (QED) is 0.764.